The molecule has 1 aromatic heterocycles. The van der Waals surface area contributed by atoms with Crippen LogP contribution in [0.15, 0.2) is 42.5 Å². The number of hydrogen-bond donors (Lipinski definition) is 4. The molecule has 0 saturated heterocycles. The number of benzene rings is 2. The summed E-state index contributed by atoms with van der Waals surface area (Å²) >= 11 is 0. The van der Waals surface area contributed by atoms with E-state index in [1.807, 2.05) is 49.5 Å². The fourth-order valence-electron chi connectivity index (χ4n) is 3.03. The van der Waals surface area contributed by atoms with E-state index in [9.17, 15) is 0 Å². The van der Waals surface area contributed by atoms with Crippen LogP contribution in [0.3, 0.4) is 0 Å². The van der Waals surface area contributed by atoms with Gasteiger partial charge in [0.1, 0.15) is 17.8 Å². The quantitative estimate of drug-likeness (QED) is 0.441. The van der Waals surface area contributed by atoms with Crippen molar-refractivity contribution in [1.82, 2.24) is 9.97 Å². The van der Waals surface area contributed by atoms with E-state index in [1.54, 1.807) is 0 Å². The summed E-state index contributed by atoms with van der Waals surface area (Å²) in [6.07, 6.45) is 0.877. The minimum Gasteiger partial charge on any atom is -0.384 e. The molecule has 2 aromatic carbocycles. The number of amidine groups is 1. The molecule has 0 fully saturated rings. The zero-order valence-electron chi connectivity index (χ0n) is 12.8. The Labute approximate surface area is 133 Å². The number of aromatic amines is 1. The Kier molecular flexibility index (Phi) is 2.97. The van der Waals surface area contributed by atoms with Crippen molar-refractivity contribution in [3.8, 4) is 0 Å². The first-order chi connectivity index (χ1) is 11.1. The van der Waals surface area contributed by atoms with E-state index in [2.05, 4.69) is 20.2 Å². The van der Waals surface area contributed by atoms with Crippen molar-refractivity contribution < 1.29 is 0 Å². The van der Waals surface area contributed by atoms with E-state index in [4.69, 9.17) is 11.1 Å². The van der Waals surface area contributed by atoms with Crippen LogP contribution < -0.4 is 16.0 Å². The first kappa shape index (κ1) is 13.6. The number of rotatable bonds is 3. The van der Waals surface area contributed by atoms with Gasteiger partial charge < -0.3 is 20.9 Å². The molecule has 0 spiro atoms. The number of likely N-dealkylation sites (N-methyl/N-ethyl adjacent to an activating group) is 1. The summed E-state index contributed by atoms with van der Waals surface area (Å²) < 4.78 is 0. The number of nitrogens with two attached hydrogens (primary N) is 1. The highest BCUT2D eigenvalue weighted by Crippen LogP contribution is 2.35. The topological polar surface area (TPSA) is 93.8 Å². The van der Waals surface area contributed by atoms with Gasteiger partial charge in [0, 0.05) is 19.0 Å². The fraction of sp³-hybridized carbons (Fsp3) is 0.176. The Balaban J connectivity index is 1.60. The number of H-pyrrole nitrogens is 1. The van der Waals surface area contributed by atoms with Crippen molar-refractivity contribution >= 4 is 28.2 Å². The van der Waals surface area contributed by atoms with Crippen LogP contribution in [-0.2, 0) is 6.42 Å². The Hall–Kier alpha value is -3.02. The lowest BCUT2D eigenvalue weighted by molar-refractivity contribution is 0.702. The summed E-state index contributed by atoms with van der Waals surface area (Å²) in [4.78, 5) is 10.2. The summed E-state index contributed by atoms with van der Waals surface area (Å²) in [5.74, 6) is 1.04. The van der Waals surface area contributed by atoms with Gasteiger partial charge in [0.2, 0.25) is 0 Å². The number of nitrogens with one attached hydrogen (secondary N) is 3. The maximum Gasteiger partial charge on any atom is 0.122 e. The van der Waals surface area contributed by atoms with E-state index in [0.717, 1.165) is 40.2 Å². The average molecular weight is 306 g/mol. The van der Waals surface area contributed by atoms with E-state index in [-0.39, 0.29) is 12.0 Å². The molecular formula is C17H18N6. The molecule has 2 heterocycles. The monoisotopic (exact) mass is 306 g/mol. The number of nitrogen functional groups attached to an aromatic ring is 1. The normalized spacial score (nSPS) is 16.4. The van der Waals surface area contributed by atoms with Crippen molar-refractivity contribution in [1.29, 1.82) is 5.41 Å². The summed E-state index contributed by atoms with van der Waals surface area (Å²) in [5.41, 5.74) is 10.5. The van der Waals surface area contributed by atoms with Crippen LogP contribution in [0.4, 0.5) is 11.4 Å². The van der Waals surface area contributed by atoms with Crippen LogP contribution in [0.25, 0.3) is 11.0 Å². The lowest BCUT2D eigenvalue weighted by Gasteiger charge is -2.21. The van der Waals surface area contributed by atoms with Crippen molar-refractivity contribution in [3.63, 3.8) is 0 Å². The number of nitrogens with zero attached hydrogens (tertiary/aromatic N) is 2. The van der Waals surface area contributed by atoms with Gasteiger partial charge in [0.15, 0.2) is 0 Å². The molecule has 1 aliphatic rings. The summed E-state index contributed by atoms with van der Waals surface area (Å²) in [6, 6.07) is 13.8. The van der Waals surface area contributed by atoms with E-state index in [1.165, 1.54) is 0 Å². The molecule has 116 valence electrons. The molecule has 5 N–H and O–H groups in total. The van der Waals surface area contributed by atoms with Gasteiger partial charge in [-0.25, -0.2) is 4.98 Å². The van der Waals surface area contributed by atoms with Gasteiger partial charge >= 0.3 is 0 Å². The lowest BCUT2D eigenvalue weighted by atomic mass is 10.1. The fourth-order valence-corrected chi connectivity index (χ4v) is 3.03. The van der Waals surface area contributed by atoms with Gasteiger partial charge in [-0.3, -0.25) is 5.41 Å². The molecular weight excluding hydrogens is 288 g/mol. The minimum atomic E-state index is 0.0851. The third kappa shape index (κ3) is 2.28. The number of fused-ring (bicyclic) bond motifs is 2. The SMILES string of the molecule is CN1c2cc(C(=N)N)ccc2NC1Cc1nc2ccccc2[nH]1. The highest BCUT2D eigenvalue weighted by molar-refractivity contribution is 5.97. The molecule has 0 radical (unpaired) electrons. The Morgan fingerprint density at radius 2 is 2.13 bits per heavy atom. The molecule has 4 rings (SSSR count). The predicted octanol–water partition coefficient (Wildman–Crippen LogP) is 2.28. The molecule has 6 nitrogen and oxygen atoms in total. The molecule has 3 aromatic rings. The van der Waals surface area contributed by atoms with Gasteiger partial charge in [-0.05, 0) is 30.3 Å². The maximum atomic E-state index is 7.58. The molecule has 0 bridgehead atoms. The van der Waals surface area contributed by atoms with E-state index in [0.29, 0.717) is 0 Å². The predicted molar refractivity (Wildman–Crippen MR) is 93.1 cm³/mol. The Morgan fingerprint density at radius 1 is 1.30 bits per heavy atom. The molecule has 6 heteroatoms. The third-order valence-corrected chi connectivity index (χ3v) is 4.30. The molecule has 1 unspecified atom stereocenters. The van der Waals surface area contributed by atoms with Crippen molar-refractivity contribution in [2.45, 2.75) is 12.6 Å². The second kappa shape index (κ2) is 5.01. The Morgan fingerprint density at radius 3 is 2.91 bits per heavy atom. The number of hydrogen-bond acceptors (Lipinski definition) is 4. The molecule has 1 atom stereocenters. The van der Waals surface area contributed by atoms with Crippen LogP contribution in [0.1, 0.15) is 11.4 Å². The van der Waals surface area contributed by atoms with Gasteiger partial charge in [-0.2, -0.15) is 0 Å². The van der Waals surface area contributed by atoms with Crippen LogP contribution in [0.5, 0.6) is 0 Å². The number of imidazole rings is 1. The van der Waals surface area contributed by atoms with Gasteiger partial charge in [-0.1, -0.05) is 12.1 Å². The number of para-hydroxylation sites is 2. The van der Waals surface area contributed by atoms with Crippen LogP contribution in [-0.4, -0.2) is 29.0 Å². The van der Waals surface area contributed by atoms with Crippen molar-refractivity contribution in [2.24, 2.45) is 5.73 Å². The molecule has 0 saturated carbocycles. The third-order valence-electron chi connectivity index (χ3n) is 4.30. The van der Waals surface area contributed by atoms with Gasteiger partial charge in [-0.15, -0.1) is 0 Å². The molecule has 0 amide bonds. The smallest absolute Gasteiger partial charge is 0.122 e. The van der Waals surface area contributed by atoms with Crippen LogP contribution in [0, 0.1) is 5.41 Å². The van der Waals surface area contributed by atoms with Gasteiger partial charge in [0.05, 0.1) is 22.4 Å². The largest absolute Gasteiger partial charge is 0.384 e. The highest BCUT2D eigenvalue weighted by Gasteiger charge is 2.27. The number of anilines is 2. The van der Waals surface area contributed by atoms with Crippen molar-refractivity contribution in [3.05, 3.63) is 53.9 Å². The maximum absolute atomic E-state index is 7.58. The lowest BCUT2D eigenvalue weighted by Crippen LogP contribution is -2.34. The van der Waals surface area contributed by atoms with E-state index < -0.39 is 0 Å². The zero-order chi connectivity index (χ0) is 16.0. The van der Waals surface area contributed by atoms with Crippen LogP contribution >= 0.6 is 0 Å². The molecule has 0 aliphatic carbocycles. The highest BCUT2D eigenvalue weighted by atomic mass is 15.3. The molecule has 23 heavy (non-hydrogen) atoms. The van der Waals surface area contributed by atoms with Crippen molar-refractivity contribution in [2.75, 3.05) is 17.3 Å². The van der Waals surface area contributed by atoms with Gasteiger partial charge in [0.25, 0.3) is 0 Å². The Bertz CT molecular complexity index is 864. The minimum absolute atomic E-state index is 0.0851. The van der Waals surface area contributed by atoms with E-state index >= 15 is 0 Å². The van der Waals surface area contributed by atoms with Crippen LogP contribution in [0.2, 0.25) is 0 Å². The number of aromatic nitrogens is 2. The average Bonchev–Trinajstić information content (AvgIpc) is 3.08. The summed E-state index contributed by atoms with van der Waals surface area (Å²) in [5, 5.41) is 11.1. The first-order valence-corrected chi connectivity index (χ1v) is 7.53. The molecule has 1 aliphatic heterocycles. The standard InChI is InChI=1S/C17H18N6/c1-23-14-8-10(17(18)19)6-7-13(14)22-16(23)9-15-20-11-4-2-3-5-12(11)21-15/h2-8,16,22H,9H2,1H3,(H3,18,19)(H,20,21). The second-order valence-corrected chi connectivity index (χ2v) is 5.82. The zero-order valence-corrected chi connectivity index (χ0v) is 12.8. The first-order valence-electron chi connectivity index (χ1n) is 7.53. The summed E-state index contributed by atoms with van der Waals surface area (Å²) in [6.45, 7) is 0. The summed E-state index contributed by atoms with van der Waals surface area (Å²) in [7, 11) is 2.04. The second-order valence-electron chi connectivity index (χ2n) is 5.82.